The zero-order chi connectivity index (χ0) is 17.3. The molecular weight excluding hydrogens is 345 g/mol. The molecule has 10 heteroatoms. The first-order chi connectivity index (χ1) is 11.4. The lowest BCUT2D eigenvalue weighted by molar-refractivity contribution is -0.141. The molecule has 126 valence electrons. The highest BCUT2D eigenvalue weighted by atomic mass is 32.2. The second kappa shape index (κ2) is 6.19. The Hall–Kier alpha value is -2.49. The normalized spacial score (nSPS) is 11.7. The maximum atomic E-state index is 13.0. The van der Waals surface area contributed by atoms with E-state index < -0.39 is 11.9 Å². The summed E-state index contributed by atoms with van der Waals surface area (Å²) in [6.45, 7) is 0. The third kappa shape index (κ3) is 3.09. The van der Waals surface area contributed by atoms with Crippen molar-refractivity contribution in [3.05, 3.63) is 36.3 Å². The van der Waals surface area contributed by atoms with Gasteiger partial charge < -0.3 is 9.47 Å². The van der Waals surface area contributed by atoms with Gasteiger partial charge in [-0.15, -0.1) is 0 Å². The van der Waals surface area contributed by atoms with E-state index in [1.807, 2.05) is 0 Å². The van der Waals surface area contributed by atoms with E-state index >= 15 is 0 Å². The number of benzene rings is 1. The first-order valence-corrected chi connectivity index (χ1v) is 7.42. The van der Waals surface area contributed by atoms with Crippen molar-refractivity contribution in [2.45, 2.75) is 16.1 Å². The molecule has 0 amide bonds. The Balaban J connectivity index is 2.05. The maximum absolute atomic E-state index is 13.0. The summed E-state index contributed by atoms with van der Waals surface area (Å²) in [5.41, 5.74) is -1.02. The van der Waals surface area contributed by atoms with E-state index in [1.165, 1.54) is 18.7 Å². The Morgan fingerprint density at radius 2 is 1.83 bits per heavy atom. The summed E-state index contributed by atoms with van der Waals surface area (Å²) < 4.78 is 50.6. The molecule has 0 saturated heterocycles. The molecule has 6 nitrogen and oxygen atoms in total. The molecule has 3 aromatic rings. The number of rotatable bonds is 4. The fraction of sp³-hybridized carbons (Fsp3) is 0.214. The number of nitrogens with zero attached hydrogens (tertiary/aromatic N) is 4. The summed E-state index contributed by atoms with van der Waals surface area (Å²) in [6, 6.07) is 5.98. The molecule has 1 aromatic carbocycles. The minimum Gasteiger partial charge on any atom is -0.493 e. The molecule has 0 radical (unpaired) electrons. The molecule has 0 N–H and O–H groups in total. The highest BCUT2D eigenvalue weighted by molar-refractivity contribution is 7.99. The third-order valence-corrected chi connectivity index (χ3v) is 4.08. The van der Waals surface area contributed by atoms with E-state index in [4.69, 9.17) is 9.47 Å². The molecule has 0 bridgehead atoms. The van der Waals surface area contributed by atoms with Gasteiger partial charge in [0.15, 0.2) is 17.2 Å². The molecule has 2 aromatic heterocycles. The number of halogens is 3. The van der Waals surface area contributed by atoms with Crippen LogP contribution in [0, 0.1) is 0 Å². The quantitative estimate of drug-likeness (QED) is 0.669. The Labute approximate surface area is 138 Å². The van der Waals surface area contributed by atoms with E-state index in [-0.39, 0.29) is 10.8 Å². The Morgan fingerprint density at radius 1 is 1.08 bits per heavy atom. The van der Waals surface area contributed by atoms with Crippen molar-refractivity contribution in [2.24, 2.45) is 0 Å². The molecule has 0 aliphatic rings. The summed E-state index contributed by atoms with van der Waals surface area (Å²) in [7, 11) is 2.98. The summed E-state index contributed by atoms with van der Waals surface area (Å²) >= 11 is 1.09. The molecular formula is C14H11F3N4O2S. The van der Waals surface area contributed by atoms with Gasteiger partial charge in [0.1, 0.15) is 11.4 Å². The van der Waals surface area contributed by atoms with Crippen molar-refractivity contribution < 1.29 is 22.6 Å². The molecule has 2 heterocycles. The first kappa shape index (κ1) is 16.4. The third-order valence-electron chi connectivity index (χ3n) is 3.09. The fourth-order valence-electron chi connectivity index (χ4n) is 2.00. The Morgan fingerprint density at radius 3 is 2.50 bits per heavy atom. The minimum absolute atomic E-state index is 0.118. The zero-order valence-electron chi connectivity index (χ0n) is 12.5. The number of aromatic nitrogens is 4. The average molecular weight is 356 g/mol. The van der Waals surface area contributed by atoms with Gasteiger partial charge in [-0.1, -0.05) is 11.8 Å². The lowest BCUT2D eigenvalue weighted by Gasteiger charge is -2.11. The van der Waals surface area contributed by atoms with E-state index in [0.29, 0.717) is 16.4 Å². The van der Waals surface area contributed by atoms with Gasteiger partial charge in [-0.3, -0.25) is 0 Å². The van der Waals surface area contributed by atoms with Crippen LogP contribution in [0.1, 0.15) is 5.69 Å². The fourth-order valence-corrected chi connectivity index (χ4v) is 2.93. The molecule has 0 unspecified atom stereocenters. The summed E-state index contributed by atoms with van der Waals surface area (Å²) in [6.07, 6.45) is -3.41. The van der Waals surface area contributed by atoms with Gasteiger partial charge in [0.05, 0.1) is 14.2 Å². The van der Waals surface area contributed by atoms with Crippen LogP contribution >= 0.6 is 11.8 Å². The topological polar surface area (TPSA) is 61.5 Å². The lowest BCUT2D eigenvalue weighted by Crippen LogP contribution is -2.10. The molecule has 0 aliphatic carbocycles. The smallest absolute Gasteiger partial charge is 0.433 e. The molecule has 0 fully saturated rings. The Kier molecular flexibility index (Phi) is 4.22. The van der Waals surface area contributed by atoms with Crippen molar-refractivity contribution in [1.29, 1.82) is 0 Å². The summed E-state index contributed by atoms with van der Waals surface area (Å²) in [4.78, 5) is 7.87. The van der Waals surface area contributed by atoms with Crippen molar-refractivity contribution >= 4 is 17.5 Å². The van der Waals surface area contributed by atoms with Crippen molar-refractivity contribution in [2.75, 3.05) is 14.2 Å². The van der Waals surface area contributed by atoms with Crippen LogP contribution < -0.4 is 9.47 Å². The van der Waals surface area contributed by atoms with Crippen LogP contribution in [-0.4, -0.2) is 33.8 Å². The standard InChI is InChI=1S/C14H11F3N4O2S/c1-22-9-4-3-8(5-10(9)23-2)24-12-6-11(14(15,16)17)20-13-18-7-19-21(12)13/h3-7H,1-2H3. The van der Waals surface area contributed by atoms with Gasteiger partial charge in [0, 0.05) is 11.0 Å². The highest BCUT2D eigenvalue weighted by Gasteiger charge is 2.34. The van der Waals surface area contributed by atoms with Gasteiger partial charge in [-0.05, 0) is 18.2 Å². The zero-order valence-corrected chi connectivity index (χ0v) is 13.4. The van der Waals surface area contributed by atoms with Crippen molar-refractivity contribution in [3.63, 3.8) is 0 Å². The van der Waals surface area contributed by atoms with Crippen LogP contribution in [-0.2, 0) is 6.18 Å². The van der Waals surface area contributed by atoms with Gasteiger partial charge in [-0.2, -0.15) is 27.8 Å². The molecule has 3 rings (SSSR count). The summed E-state index contributed by atoms with van der Waals surface area (Å²) in [5.74, 6) is 0.883. The highest BCUT2D eigenvalue weighted by Crippen LogP contribution is 2.37. The minimum atomic E-state index is -4.57. The second-order valence-electron chi connectivity index (χ2n) is 4.57. The van der Waals surface area contributed by atoms with Crippen molar-refractivity contribution in [3.8, 4) is 11.5 Å². The lowest BCUT2D eigenvalue weighted by atomic mass is 10.3. The largest absolute Gasteiger partial charge is 0.493 e. The predicted molar refractivity (Wildman–Crippen MR) is 79.5 cm³/mol. The number of fused-ring (bicyclic) bond motifs is 1. The van der Waals surface area contributed by atoms with Crippen LogP contribution in [0.5, 0.6) is 11.5 Å². The van der Waals surface area contributed by atoms with Gasteiger partial charge in [-0.25, -0.2) is 4.98 Å². The van der Waals surface area contributed by atoms with E-state index in [9.17, 15) is 13.2 Å². The number of alkyl halides is 3. The predicted octanol–water partition coefficient (Wildman–Crippen LogP) is 3.31. The maximum Gasteiger partial charge on any atom is 0.433 e. The molecule has 0 aliphatic heterocycles. The van der Waals surface area contributed by atoms with Crippen LogP contribution in [0.3, 0.4) is 0 Å². The van der Waals surface area contributed by atoms with Crippen molar-refractivity contribution in [1.82, 2.24) is 19.6 Å². The molecule has 24 heavy (non-hydrogen) atoms. The SMILES string of the molecule is COc1ccc(Sc2cc(C(F)(F)F)nc3ncnn23)cc1OC. The van der Waals surface area contributed by atoms with Gasteiger partial charge in [0.2, 0.25) is 0 Å². The Bertz CT molecular complexity index is 882. The van der Waals surface area contributed by atoms with Gasteiger partial charge >= 0.3 is 6.18 Å². The van der Waals surface area contributed by atoms with E-state index in [1.54, 1.807) is 18.2 Å². The number of hydrogen-bond acceptors (Lipinski definition) is 6. The monoisotopic (exact) mass is 356 g/mol. The van der Waals surface area contributed by atoms with E-state index in [2.05, 4.69) is 15.1 Å². The van der Waals surface area contributed by atoms with Crippen LogP contribution in [0.15, 0.2) is 40.5 Å². The van der Waals surface area contributed by atoms with Crippen LogP contribution in [0.4, 0.5) is 13.2 Å². The molecule has 0 saturated carbocycles. The first-order valence-electron chi connectivity index (χ1n) is 6.60. The van der Waals surface area contributed by atoms with Crippen LogP contribution in [0.2, 0.25) is 0 Å². The number of ether oxygens (including phenoxy) is 2. The molecule has 0 spiro atoms. The second-order valence-corrected chi connectivity index (χ2v) is 5.66. The molecule has 0 atom stereocenters. The van der Waals surface area contributed by atoms with Crippen LogP contribution in [0.25, 0.3) is 5.78 Å². The average Bonchev–Trinajstić information content (AvgIpc) is 3.02. The number of methoxy groups -OCH3 is 2. The number of hydrogen-bond donors (Lipinski definition) is 0. The van der Waals surface area contributed by atoms with E-state index in [0.717, 1.165) is 24.2 Å². The summed E-state index contributed by atoms with van der Waals surface area (Å²) in [5, 5.41) is 4.15. The van der Waals surface area contributed by atoms with Gasteiger partial charge in [0.25, 0.3) is 5.78 Å².